The fourth-order valence-corrected chi connectivity index (χ4v) is 2.39. The Morgan fingerprint density at radius 2 is 2.42 bits per heavy atom. The van der Waals surface area contributed by atoms with E-state index in [9.17, 15) is 0 Å². The first-order valence-electron chi connectivity index (χ1n) is 4.81. The van der Waals surface area contributed by atoms with Crippen molar-refractivity contribution in [2.75, 3.05) is 0 Å². The third kappa shape index (κ3) is 1.86. The van der Waals surface area contributed by atoms with E-state index < -0.39 is 0 Å². The normalized spacial score (nSPS) is 16.8. The van der Waals surface area contributed by atoms with E-state index in [2.05, 4.69) is 11.9 Å². The highest BCUT2D eigenvalue weighted by Gasteiger charge is 2.23. The SMILES string of the molecule is CCCc1scnc1CC1CC1. The van der Waals surface area contributed by atoms with Crippen molar-refractivity contribution in [2.45, 2.75) is 39.0 Å². The fourth-order valence-electron chi connectivity index (χ4n) is 1.49. The summed E-state index contributed by atoms with van der Waals surface area (Å²) < 4.78 is 0. The highest BCUT2D eigenvalue weighted by Crippen LogP contribution is 2.33. The van der Waals surface area contributed by atoms with Crippen LogP contribution in [0.1, 0.15) is 36.8 Å². The van der Waals surface area contributed by atoms with Gasteiger partial charge in [-0.2, -0.15) is 0 Å². The van der Waals surface area contributed by atoms with Crippen molar-refractivity contribution in [3.63, 3.8) is 0 Å². The van der Waals surface area contributed by atoms with Crippen LogP contribution in [0.3, 0.4) is 0 Å². The molecule has 1 aliphatic rings. The predicted octanol–water partition coefficient (Wildman–Crippen LogP) is 3.05. The molecule has 0 aromatic carbocycles. The standard InChI is InChI=1S/C10H15NS/c1-2-3-10-9(11-7-12-10)6-8-4-5-8/h7-8H,2-6H2,1H3. The van der Waals surface area contributed by atoms with Crippen LogP contribution in [-0.2, 0) is 12.8 Å². The Balaban J connectivity index is 2.01. The number of nitrogens with zero attached hydrogens (tertiary/aromatic N) is 1. The van der Waals surface area contributed by atoms with Crippen molar-refractivity contribution in [2.24, 2.45) is 5.92 Å². The minimum Gasteiger partial charge on any atom is -0.249 e. The summed E-state index contributed by atoms with van der Waals surface area (Å²) in [5.41, 5.74) is 3.40. The molecule has 1 fully saturated rings. The van der Waals surface area contributed by atoms with E-state index in [0.29, 0.717) is 0 Å². The van der Waals surface area contributed by atoms with Gasteiger partial charge < -0.3 is 0 Å². The van der Waals surface area contributed by atoms with Crippen LogP contribution >= 0.6 is 11.3 Å². The van der Waals surface area contributed by atoms with E-state index in [1.807, 2.05) is 16.8 Å². The molecule has 2 rings (SSSR count). The Morgan fingerprint density at radius 1 is 1.58 bits per heavy atom. The summed E-state index contributed by atoms with van der Waals surface area (Å²) in [7, 11) is 0. The molecule has 0 N–H and O–H groups in total. The highest BCUT2D eigenvalue weighted by molar-refractivity contribution is 7.09. The molecule has 0 atom stereocenters. The second-order valence-electron chi connectivity index (χ2n) is 3.62. The van der Waals surface area contributed by atoms with Crippen molar-refractivity contribution >= 4 is 11.3 Å². The van der Waals surface area contributed by atoms with Crippen LogP contribution in [0.5, 0.6) is 0 Å². The van der Waals surface area contributed by atoms with Gasteiger partial charge in [0, 0.05) is 4.88 Å². The lowest BCUT2D eigenvalue weighted by molar-refractivity contribution is 0.790. The van der Waals surface area contributed by atoms with Crippen LogP contribution in [-0.4, -0.2) is 4.98 Å². The van der Waals surface area contributed by atoms with Crippen molar-refractivity contribution in [3.05, 3.63) is 16.1 Å². The second kappa shape index (κ2) is 3.56. The molecule has 66 valence electrons. The van der Waals surface area contributed by atoms with Gasteiger partial charge in [0.05, 0.1) is 11.2 Å². The Labute approximate surface area is 77.8 Å². The van der Waals surface area contributed by atoms with E-state index >= 15 is 0 Å². The third-order valence-electron chi connectivity index (χ3n) is 2.38. The maximum Gasteiger partial charge on any atom is 0.0797 e. The first-order chi connectivity index (χ1) is 5.90. The third-order valence-corrected chi connectivity index (χ3v) is 3.32. The lowest BCUT2D eigenvalue weighted by Crippen LogP contribution is -1.92. The van der Waals surface area contributed by atoms with E-state index in [0.717, 1.165) is 5.92 Å². The summed E-state index contributed by atoms with van der Waals surface area (Å²) in [6, 6.07) is 0. The van der Waals surface area contributed by atoms with Gasteiger partial charge in [-0.3, -0.25) is 0 Å². The van der Waals surface area contributed by atoms with E-state index in [1.165, 1.54) is 42.7 Å². The number of hydrogen-bond donors (Lipinski definition) is 0. The molecule has 2 heteroatoms. The molecular weight excluding hydrogens is 166 g/mol. The Bertz CT molecular complexity index is 250. The Morgan fingerprint density at radius 3 is 3.08 bits per heavy atom. The summed E-state index contributed by atoms with van der Waals surface area (Å²) in [5.74, 6) is 0.975. The molecule has 1 saturated carbocycles. The Kier molecular flexibility index (Phi) is 2.45. The molecule has 1 heterocycles. The van der Waals surface area contributed by atoms with E-state index in [-0.39, 0.29) is 0 Å². The van der Waals surface area contributed by atoms with Crippen molar-refractivity contribution in [3.8, 4) is 0 Å². The Hall–Kier alpha value is -0.370. The molecule has 1 aliphatic carbocycles. The van der Waals surface area contributed by atoms with E-state index in [4.69, 9.17) is 0 Å². The monoisotopic (exact) mass is 181 g/mol. The van der Waals surface area contributed by atoms with Crippen molar-refractivity contribution in [1.82, 2.24) is 4.98 Å². The number of rotatable bonds is 4. The summed E-state index contributed by atoms with van der Waals surface area (Å²) in [6.07, 6.45) is 6.59. The summed E-state index contributed by atoms with van der Waals surface area (Å²) in [5, 5.41) is 0. The van der Waals surface area contributed by atoms with Gasteiger partial charge in [0.2, 0.25) is 0 Å². The van der Waals surface area contributed by atoms with E-state index in [1.54, 1.807) is 0 Å². The molecule has 0 unspecified atom stereocenters. The molecule has 1 aromatic heterocycles. The number of hydrogen-bond acceptors (Lipinski definition) is 2. The molecule has 0 saturated heterocycles. The molecule has 0 spiro atoms. The van der Waals surface area contributed by atoms with Gasteiger partial charge in [0.15, 0.2) is 0 Å². The van der Waals surface area contributed by atoms with Gasteiger partial charge in [-0.1, -0.05) is 13.3 Å². The first-order valence-corrected chi connectivity index (χ1v) is 5.69. The maximum absolute atomic E-state index is 4.43. The maximum atomic E-state index is 4.43. The lowest BCUT2D eigenvalue weighted by Gasteiger charge is -1.98. The van der Waals surface area contributed by atoms with Gasteiger partial charge in [-0.25, -0.2) is 4.98 Å². The van der Waals surface area contributed by atoms with Gasteiger partial charge in [-0.05, 0) is 31.6 Å². The second-order valence-corrected chi connectivity index (χ2v) is 4.56. The van der Waals surface area contributed by atoms with Gasteiger partial charge in [-0.15, -0.1) is 11.3 Å². The fraction of sp³-hybridized carbons (Fsp3) is 0.700. The molecule has 0 radical (unpaired) electrons. The number of aromatic nitrogens is 1. The van der Waals surface area contributed by atoms with Gasteiger partial charge in [0.25, 0.3) is 0 Å². The smallest absolute Gasteiger partial charge is 0.0797 e. The van der Waals surface area contributed by atoms with Gasteiger partial charge >= 0.3 is 0 Å². The number of thiazole rings is 1. The molecule has 0 aliphatic heterocycles. The molecule has 0 bridgehead atoms. The largest absolute Gasteiger partial charge is 0.249 e. The summed E-state index contributed by atoms with van der Waals surface area (Å²) >= 11 is 1.83. The molecule has 12 heavy (non-hydrogen) atoms. The van der Waals surface area contributed by atoms with Crippen LogP contribution in [0.2, 0.25) is 0 Å². The zero-order chi connectivity index (χ0) is 8.39. The van der Waals surface area contributed by atoms with Gasteiger partial charge in [0.1, 0.15) is 0 Å². The van der Waals surface area contributed by atoms with Crippen LogP contribution < -0.4 is 0 Å². The molecule has 1 nitrogen and oxygen atoms in total. The zero-order valence-electron chi connectivity index (χ0n) is 7.55. The average Bonchev–Trinajstić information content (AvgIpc) is 2.76. The van der Waals surface area contributed by atoms with Crippen LogP contribution in [0.25, 0.3) is 0 Å². The predicted molar refractivity (Wildman–Crippen MR) is 52.5 cm³/mol. The molecular formula is C10H15NS. The minimum atomic E-state index is 0.975. The molecule has 0 amide bonds. The zero-order valence-corrected chi connectivity index (χ0v) is 8.36. The van der Waals surface area contributed by atoms with Crippen molar-refractivity contribution < 1.29 is 0 Å². The van der Waals surface area contributed by atoms with Crippen LogP contribution in [0.15, 0.2) is 5.51 Å². The highest BCUT2D eigenvalue weighted by atomic mass is 32.1. The lowest BCUT2D eigenvalue weighted by atomic mass is 10.1. The summed E-state index contributed by atoms with van der Waals surface area (Å²) in [6.45, 7) is 2.24. The van der Waals surface area contributed by atoms with Crippen LogP contribution in [0.4, 0.5) is 0 Å². The summed E-state index contributed by atoms with van der Waals surface area (Å²) in [4.78, 5) is 5.97. The minimum absolute atomic E-state index is 0.975. The number of aryl methyl sites for hydroxylation is 1. The van der Waals surface area contributed by atoms with Crippen molar-refractivity contribution in [1.29, 1.82) is 0 Å². The topological polar surface area (TPSA) is 12.9 Å². The average molecular weight is 181 g/mol. The quantitative estimate of drug-likeness (QED) is 0.695. The van der Waals surface area contributed by atoms with Crippen LogP contribution in [0, 0.1) is 5.92 Å². The first kappa shape index (κ1) is 8.24. The molecule has 1 aromatic rings.